The normalized spacial score (nSPS) is 12.0. The summed E-state index contributed by atoms with van der Waals surface area (Å²) in [6, 6.07) is 9.03. The van der Waals surface area contributed by atoms with E-state index in [0.717, 1.165) is 23.7 Å². The van der Waals surface area contributed by atoms with E-state index < -0.39 is 11.7 Å². The van der Waals surface area contributed by atoms with Crippen molar-refractivity contribution in [2.24, 2.45) is 4.99 Å². The third-order valence-corrected chi connectivity index (χ3v) is 4.27. The van der Waals surface area contributed by atoms with E-state index in [0.29, 0.717) is 10.7 Å². The van der Waals surface area contributed by atoms with E-state index >= 15 is 0 Å². The molecular formula is C19H20ClF3N2. The lowest BCUT2D eigenvalue weighted by Gasteiger charge is -2.15. The second kappa shape index (κ2) is 7.91. The molecule has 0 aliphatic heterocycles. The molecular weight excluding hydrogens is 349 g/mol. The largest absolute Gasteiger partial charge is 0.416 e. The van der Waals surface area contributed by atoms with Gasteiger partial charge in [0.25, 0.3) is 0 Å². The first-order valence-corrected chi connectivity index (χ1v) is 8.28. The van der Waals surface area contributed by atoms with Crippen molar-refractivity contribution in [1.82, 2.24) is 4.90 Å². The number of alkyl halides is 3. The summed E-state index contributed by atoms with van der Waals surface area (Å²) >= 11 is 6.16. The van der Waals surface area contributed by atoms with Crippen LogP contribution in [0.3, 0.4) is 0 Å². The van der Waals surface area contributed by atoms with Gasteiger partial charge in [0.05, 0.1) is 17.6 Å². The Labute approximate surface area is 150 Å². The third kappa shape index (κ3) is 4.98. The zero-order chi connectivity index (χ0) is 18.6. The van der Waals surface area contributed by atoms with Crippen LogP contribution in [0.15, 0.2) is 41.4 Å². The molecule has 0 aliphatic carbocycles. The molecule has 0 radical (unpaired) electrons. The molecule has 0 N–H and O–H groups in total. The third-order valence-electron chi connectivity index (χ3n) is 4.05. The lowest BCUT2D eigenvalue weighted by molar-refractivity contribution is -0.138. The number of rotatable bonds is 5. The summed E-state index contributed by atoms with van der Waals surface area (Å²) in [6.45, 7) is 4.64. The molecule has 0 heterocycles. The molecule has 6 heteroatoms. The molecule has 0 saturated carbocycles. The SMILES string of the molecule is CCN(C)C=Nc1cc(Cl)cc(Cc2ccccc2C(F)(F)F)c1C. The average molecular weight is 369 g/mol. The molecule has 0 fully saturated rings. The zero-order valence-electron chi connectivity index (χ0n) is 14.4. The smallest absolute Gasteiger partial charge is 0.366 e. The highest BCUT2D eigenvalue weighted by Gasteiger charge is 2.32. The standard InChI is InChI=1S/C19H20ClF3N2/c1-4-25(3)12-24-18-11-16(20)10-15(13(18)2)9-14-7-5-6-8-17(14)19(21,22)23/h5-8,10-12H,4,9H2,1-3H3. The second-order valence-electron chi connectivity index (χ2n) is 5.86. The van der Waals surface area contributed by atoms with Crippen LogP contribution in [0, 0.1) is 6.92 Å². The van der Waals surface area contributed by atoms with Crippen LogP contribution in [0.1, 0.15) is 29.2 Å². The predicted molar refractivity (Wildman–Crippen MR) is 96.9 cm³/mol. The number of nitrogens with zero attached hydrogens (tertiary/aromatic N) is 2. The topological polar surface area (TPSA) is 15.6 Å². The Bertz CT molecular complexity index is 770. The molecule has 0 aromatic heterocycles. The first-order chi connectivity index (χ1) is 11.7. The number of hydrogen-bond donors (Lipinski definition) is 0. The Morgan fingerprint density at radius 1 is 1.16 bits per heavy atom. The van der Waals surface area contributed by atoms with Crippen LogP contribution < -0.4 is 0 Å². The van der Waals surface area contributed by atoms with Crippen molar-refractivity contribution in [2.75, 3.05) is 13.6 Å². The van der Waals surface area contributed by atoms with Crippen LogP contribution in [-0.4, -0.2) is 24.8 Å². The van der Waals surface area contributed by atoms with Gasteiger partial charge in [-0.15, -0.1) is 0 Å². The lowest BCUT2D eigenvalue weighted by Crippen LogP contribution is -2.14. The summed E-state index contributed by atoms with van der Waals surface area (Å²) in [6.07, 6.45) is -2.55. The fraction of sp³-hybridized carbons (Fsp3) is 0.316. The maximum absolute atomic E-state index is 13.2. The Balaban J connectivity index is 2.42. The average Bonchev–Trinajstić information content (AvgIpc) is 2.55. The van der Waals surface area contributed by atoms with Gasteiger partial charge in [0.2, 0.25) is 0 Å². The summed E-state index contributed by atoms with van der Waals surface area (Å²) in [4.78, 5) is 6.31. The molecule has 0 saturated heterocycles. The van der Waals surface area contributed by atoms with Crippen molar-refractivity contribution in [2.45, 2.75) is 26.4 Å². The van der Waals surface area contributed by atoms with Crippen molar-refractivity contribution in [3.05, 3.63) is 63.7 Å². The highest BCUT2D eigenvalue weighted by atomic mass is 35.5. The monoisotopic (exact) mass is 368 g/mol. The van der Waals surface area contributed by atoms with E-state index in [1.54, 1.807) is 24.5 Å². The quantitative estimate of drug-likeness (QED) is 0.476. The van der Waals surface area contributed by atoms with E-state index in [1.165, 1.54) is 12.1 Å². The first kappa shape index (κ1) is 19.3. The van der Waals surface area contributed by atoms with Gasteiger partial charge in [-0.05, 0) is 55.2 Å². The maximum Gasteiger partial charge on any atom is 0.416 e. The Morgan fingerprint density at radius 2 is 1.84 bits per heavy atom. The van der Waals surface area contributed by atoms with E-state index in [-0.39, 0.29) is 12.0 Å². The second-order valence-corrected chi connectivity index (χ2v) is 6.29. The number of halogens is 4. The Kier molecular flexibility index (Phi) is 6.11. The highest BCUT2D eigenvalue weighted by Crippen LogP contribution is 2.35. The molecule has 0 amide bonds. The summed E-state index contributed by atoms with van der Waals surface area (Å²) in [5.41, 5.74) is 1.82. The Hall–Kier alpha value is -2.01. The van der Waals surface area contributed by atoms with Crippen LogP contribution in [0.25, 0.3) is 0 Å². The van der Waals surface area contributed by atoms with Crippen molar-refractivity contribution >= 4 is 23.6 Å². The van der Waals surface area contributed by atoms with Crippen molar-refractivity contribution in [3.8, 4) is 0 Å². The highest BCUT2D eigenvalue weighted by molar-refractivity contribution is 6.31. The van der Waals surface area contributed by atoms with E-state index in [9.17, 15) is 13.2 Å². The Morgan fingerprint density at radius 3 is 2.48 bits per heavy atom. The molecule has 2 rings (SSSR count). The molecule has 0 bridgehead atoms. The molecule has 0 atom stereocenters. The van der Waals surface area contributed by atoms with Gasteiger partial charge in [-0.25, -0.2) is 4.99 Å². The van der Waals surface area contributed by atoms with Gasteiger partial charge in [0.15, 0.2) is 0 Å². The van der Waals surface area contributed by atoms with Crippen LogP contribution in [-0.2, 0) is 12.6 Å². The lowest BCUT2D eigenvalue weighted by atomic mass is 9.96. The molecule has 2 aromatic carbocycles. The van der Waals surface area contributed by atoms with Gasteiger partial charge in [-0.2, -0.15) is 13.2 Å². The fourth-order valence-corrected chi connectivity index (χ4v) is 2.67. The predicted octanol–water partition coefficient (Wildman–Crippen LogP) is 5.87. The molecule has 134 valence electrons. The van der Waals surface area contributed by atoms with Gasteiger partial charge < -0.3 is 4.90 Å². The maximum atomic E-state index is 13.2. The van der Waals surface area contributed by atoms with Gasteiger partial charge in [0.1, 0.15) is 0 Å². The summed E-state index contributed by atoms with van der Waals surface area (Å²) < 4.78 is 39.6. The first-order valence-electron chi connectivity index (χ1n) is 7.91. The van der Waals surface area contributed by atoms with Crippen LogP contribution >= 0.6 is 11.6 Å². The molecule has 0 spiro atoms. The van der Waals surface area contributed by atoms with E-state index in [4.69, 9.17) is 11.6 Å². The van der Waals surface area contributed by atoms with Crippen molar-refractivity contribution < 1.29 is 13.2 Å². The van der Waals surface area contributed by atoms with Gasteiger partial charge >= 0.3 is 6.18 Å². The van der Waals surface area contributed by atoms with Crippen LogP contribution in [0.5, 0.6) is 0 Å². The summed E-state index contributed by atoms with van der Waals surface area (Å²) in [5, 5.41) is 0.455. The van der Waals surface area contributed by atoms with Crippen molar-refractivity contribution in [1.29, 1.82) is 0 Å². The number of hydrogen-bond acceptors (Lipinski definition) is 1. The zero-order valence-corrected chi connectivity index (χ0v) is 15.1. The molecule has 0 unspecified atom stereocenters. The molecule has 2 nitrogen and oxygen atoms in total. The van der Waals surface area contributed by atoms with E-state index in [1.807, 2.05) is 25.8 Å². The fourth-order valence-electron chi connectivity index (χ4n) is 2.44. The van der Waals surface area contributed by atoms with Crippen molar-refractivity contribution in [3.63, 3.8) is 0 Å². The van der Waals surface area contributed by atoms with E-state index in [2.05, 4.69) is 4.99 Å². The summed E-state index contributed by atoms with van der Waals surface area (Å²) in [7, 11) is 1.89. The molecule has 0 aliphatic rings. The minimum Gasteiger partial charge on any atom is -0.366 e. The van der Waals surface area contributed by atoms with Gasteiger partial charge in [0, 0.05) is 18.6 Å². The van der Waals surface area contributed by atoms with Gasteiger partial charge in [-0.3, -0.25) is 0 Å². The number of benzene rings is 2. The van der Waals surface area contributed by atoms with Gasteiger partial charge in [-0.1, -0.05) is 29.8 Å². The van der Waals surface area contributed by atoms with Crippen LogP contribution in [0.4, 0.5) is 18.9 Å². The molecule has 25 heavy (non-hydrogen) atoms. The molecule has 2 aromatic rings. The van der Waals surface area contributed by atoms with Crippen LogP contribution in [0.2, 0.25) is 5.02 Å². The summed E-state index contributed by atoms with van der Waals surface area (Å²) in [5.74, 6) is 0. The number of aliphatic imine (C=N–C) groups is 1. The minimum absolute atomic E-state index is 0.147. The minimum atomic E-state index is -4.38.